The fourth-order valence-electron chi connectivity index (χ4n) is 3.32. The van der Waals surface area contributed by atoms with Crippen LogP contribution in [-0.2, 0) is 0 Å². The van der Waals surface area contributed by atoms with Crippen molar-refractivity contribution in [1.82, 2.24) is 10.3 Å². The van der Waals surface area contributed by atoms with Crippen LogP contribution >= 0.6 is 11.3 Å². The Kier molecular flexibility index (Phi) is 6.44. The summed E-state index contributed by atoms with van der Waals surface area (Å²) in [5.41, 5.74) is 2.22. The monoisotopic (exact) mass is 437 g/mol. The van der Waals surface area contributed by atoms with E-state index in [-0.39, 0.29) is 11.8 Å². The molecule has 3 heterocycles. The molecule has 8 nitrogen and oxygen atoms in total. The summed E-state index contributed by atoms with van der Waals surface area (Å²) in [7, 11) is 1.57. The summed E-state index contributed by atoms with van der Waals surface area (Å²) in [5.74, 6) is 0.107. The molecule has 9 heteroatoms. The molecule has 0 bridgehead atoms. The quantitative estimate of drug-likeness (QED) is 0.549. The molecule has 0 atom stereocenters. The first-order valence-corrected chi connectivity index (χ1v) is 10.7. The second kappa shape index (κ2) is 9.59. The predicted octanol–water partition coefficient (Wildman–Crippen LogP) is 3.07. The first kappa shape index (κ1) is 20.8. The van der Waals surface area contributed by atoms with Gasteiger partial charge in [0.1, 0.15) is 5.75 Å². The van der Waals surface area contributed by atoms with Crippen LogP contribution in [0.4, 0.5) is 17.1 Å². The van der Waals surface area contributed by atoms with Gasteiger partial charge in [0, 0.05) is 44.1 Å². The van der Waals surface area contributed by atoms with E-state index in [9.17, 15) is 9.59 Å². The number of amides is 2. The Morgan fingerprint density at radius 3 is 2.55 bits per heavy atom. The third kappa shape index (κ3) is 5.01. The smallest absolute Gasteiger partial charge is 0.265 e. The van der Waals surface area contributed by atoms with Crippen LogP contribution < -0.4 is 25.6 Å². The molecule has 0 aliphatic carbocycles. The zero-order chi connectivity index (χ0) is 21.6. The number of anilines is 3. The molecule has 1 saturated heterocycles. The van der Waals surface area contributed by atoms with Gasteiger partial charge in [0.05, 0.1) is 34.4 Å². The summed E-state index contributed by atoms with van der Waals surface area (Å²) in [6, 6.07) is 12.3. The Balaban J connectivity index is 1.44. The van der Waals surface area contributed by atoms with Crippen LogP contribution in [0.2, 0.25) is 0 Å². The topological polar surface area (TPSA) is 95.6 Å². The van der Waals surface area contributed by atoms with E-state index in [1.165, 1.54) is 0 Å². The number of nitrogens with zero attached hydrogens (tertiary/aromatic N) is 2. The minimum atomic E-state index is -0.278. The van der Waals surface area contributed by atoms with E-state index >= 15 is 0 Å². The van der Waals surface area contributed by atoms with Gasteiger partial charge in [-0.1, -0.05) is 6.07 Å². The number of benzene rings is 1. The summed E-state index contributed by atoms with van der Waals surface area (Å²) in [4.78, 5) is 32.7. The Labute approximate surface area is 184 Å². The third-order valence-corrected chi connectivity index (χ3v) is 5.97. The van der Waals surface area contributed by atoms with Gasteiger partial charge in [-0.2, -0.15) is 0 Å². The van der Waals surface area contributed by atoms with Crippen molar-refractivity contribution in [2.75, 3.05) is 48.8 Å². The van der Waals surface area contributed by atoms with Crippen LogP contribution in [0.5, 0.6) is 5.75 Å². The average Bonchev–Trinajstić information content (AvgIpc) is 3.31. The number of methoxy groups -OCH3 is 1. The SMILES string of the molecule is COc1cccc(NC(=O)c2ccc(C(=O)Nc3cnccc3N3CCNCC3)s2)c1. The molecule has 0 spiro atoms. The second-order valence-electron chi connectivity index (χ2n) is 6.93. The molecule has 3 N–H and O–H groups in total. The van der Waals surface area contributed by atoms with Gasteiger partial charge in [-0.3, -0.25) is 14.6 Å². The molecule has 2 amide bonds. The summed E-state index contributed by atoms with van der Waals surface area (Å²) >= 11 is 1.14. The molecule has 31 heavy (non-hydrogen) atoms. The molecule has 1 aliphatic heterocycles. The maximum Gasteiger partial charge on any atom is 0.265 e. The molecule has 2 aromatic heterocycles. The van der Waals surface area contributed by atoms with Crippen molar-refractivity contribution in [3.05, 3.63) is 64.6 Å². The van der Waals surface area contributed by atoms with Gasteiger partial charge in [0.15, 0.2) is 0 Å². The molecule has 3 aromatic rings. The zero-order valence-electron chi connectivity index (χ0n) is 17.1. The minimum Gasteiger partial charge on any atom is -0.497 e. The fraction of sp³-hybridized carbons (Fsp3) is 0.227. The van der Waals surface area contributed by atoms with Crippen LogP contribution in [-0.4, -0.2) is 50.1 Å². The lowest BCUT2D eigenvalue weighted by molar-refractivity contribution is 0.102. The molecule has 1 aromatic carbocycles. The fourth-order valence-corrected chi connectivity index (χ4v) is 4.12. The first-order valence-electron chi connectivity index (χ1n) is 9.90. The van der Waals surface area contributed by atoms with Crippen molar-refractivity contribution in [1.29, 1.82) is 0 Å². The number of carbonyl (C=O) groups excluding carboxylic acids is 2. The number of carbonyl (C=O) groups is 2. The Bertz CT molecular complexity index is 1080. The van der Waals surface area contributed by atoms with Crippen molar-refractivity contribution in [3.63, 3.8) is 0 Å². The molecule has 1 aliphatic rings. The van der Waals surface area contributed by atoms with Gasteiger partial charge in [-0.05, 0) is 30.3 Å². The van der Waals surface area contributed by atoms with Crippen LogP contribution in [0.1, 0.15) is 19.3 Å². The molecule has 4 rings (SSSR count). The number of piperazine rings is 1. The van der Waals surface area contributed by atoms with Crippen LogP contribution in [0, 0.1) is 0 Å². The maximum absolute atomic E-state index is 12.8. The summed E-state index contributed by atoms with van der Waals surface area (Å²) in [6.07, 6.45) is 3.37. The number of hydrogen-bond acceptors (Lipinski definition) is 7. The number of rotatable bonds is 6. The number of thiophene rings is 1. The Hall–Kier alpha value is -3.43. The van der Waals surface area contributed by atoms with Crippen molar-refractivity contribution < 1.29 is 14.3 Å². The van der Waals surface area contributed by atoms with Crippen molar-refractivity contribution in [2.24, 2.45) is 0 Å². The number of ether oxygens (including phenoxy) is 1. The number of hydrogen-bond donors (Lipinski definition) is 3. The third-order valence-electron chi connectivity index (χ3n) is 4.89. The Morgan fingerprint density at radius 1 is 1.06 bits per heavy atom. The summed E-state index contributed by atoms with van der Waals surface area (Å²) in [5, 5.41) is 9.08. The number of aromatic nitrogens is 1. The lowest BCUT2D eigenvalue weighted by Crippen LogP contribution is -2.43. The normalized spacial score (nSPS) is 13.5. The van der Waals surface area contributed by atoms with E-state index in [0.29, 0.717) is 26.9 Å². The van der Waals surface area contributed by atoms with E-state index in [0.717, 1.165) is 43.2 Å². The van der Waals surface area contributed by atoms with Gasteiger partial charge in [-0.25, -0.2) is 0 Å². The van der Waals surface area contributed by atoms with E-state index in [1.807, 2.05) is 6.07 Å². The van der Waals surface area contributed by atoms with Gasteiger partial charge >= 0.3 is 0 Å². The summed E-state index contributed by atoms with van der Waals surface area (Å²) < 4.78 is 5.17. The molecule has 0 unspecified atom stereocenters. The van der Waals surface area contributed by atoms with Crippen LogP contribution in [0.15, 0.2) is 54.9 Å². The number of pyridine rings is 1. The first-order chi connectivity index (χ1) is 15.1. The second-order valence-corrected chi connectivity index (χ2v) is 8.02. The lowest BCUT2D eigenvalue weighted by Gasteiger charge is -2.30. The average molecular weight is 438 g/mol. The minimum absolute atomic E-state index is 0.269. The van der Waals surface area contributed by atoms with Gasteiger partial charge in [0.25, 0.3) is 11.8 Å². The van der Waals surface area contributed by atoms with E-state index in [4.69, 9.17) is 4.74 Å². The highest BCUT2D eigenvalue weighted by Crippen LogP contribution is 2.27. The van der Waals surface area contributed by atoms with Gasteiger partial charge in [0.2, 0.25) is 0 Å². The zero-order valence-corrected chi connectivity index (χ0v) is 17.9. The van der Waals surface area contributed by atoms with E-state index in [2.05, 4.69) is 25.8 Å². The van der Waals surface area contributed by atoms with E-state index < -0.39 is 0 Å². The van der Waals surface area contributed by atoms with Gasteiger partial charge in [-0.15, -0.1) is 11.3 Å². The lowest BCUT2D eigenvalue weighted by atomic mass is 10.2. The summed E-state index contributed by atoms with van der Waals surface area (Å²) in [6.45, 7) is 3.51. The molecular weight excluding hydrogens is 414 g/mol. The molecule has 160 valence electrons. The molecule has 0 saturated carbocycles. The molecular formula is C22H23N5O3S. The maximum atomic E-state index is 12.8. The Morgan fingerprint density at radius 2 is 1.81 bits per heavy atom. The van der Waals surface area contributed by atoms with Gasteiger partial charge < -0.3 is 25.6 Å². The van der Waals surface area contributed by atoms with Crippen LogP contribution in [0.25, 0.3) is 0 Å². The molecule has 1 fully saturated rings. The van der Waals surface area contributed by atoms with Crippen LogP contribution in [0.3, 0.4) is 0 Å². The highest BCUT2D eigenvalue weighted by atomic mass is 32.1. The van der Waals surface area contributed by atoms with Crippen molar-refractivity contribution in [2.45, 2.75) is 0 Å². The number of nitrogens with one attached hydrogen (secondary N) is 3. The highest BCUT2D eigenvalue weighted by Gasteiger charge is 2.18. The molecule has 0 radical (unpaired) electrons. The van der Waals surface area contributed by atoms with Crippen molar-refractivity contribution in [3.8, 4) is 5.75 Å². The highest BCUT2D eigenvalue weighted by molar-refractivity contribution is 7.16. The standard InChI is InChI=1S/C22H23N5O3S/c1-30-16-4-2-3-15(13-16)25-21(28)19-5-6-20(31-19)22(29)26-17-14-24-8-7-18(17)27-11-9-23-10-12-27/h2-8,13-14,23H,9-12H2,1H3,(H,25,28)(H,26,29). The largest absolute Gasteiger partial charge is 0.497 e. The van der Waals surface area contributed by atoms with Crippen molar-refractivity contribution >= 4 is 40.2 Å². The predicted molar refractivity (Wildman–Crippen MR) is 123 cm³/mol. The van der Waals surface area contributed by atoms with E-state index in [1.54, 1.807) is 55.9 Å².